The van der Waals surface area contributed by atoms with Gasteiger partial charge in [0.05, 0.1) is 6.33 Å². The molecule has 4 aromatic rings. The van der Waals surface area contributed by atoms with Crippen molar-refractivity contribution in [3.8, 4) is 5.69 Å². The van der Waals surface area contributed by atoms with Crippen molar-refractivity contribution in [1.82, 2.24) is 14.5 Å². The maximum atomic E-state index is 12.1. The van der Waals surface area contributed by atoms with Crippen LogP contribution in [0.15, 0.2) is 77.7 Å². The number of amides is 1. The Morgan fingerprint density at radius 2 is 2.08 bits per heavy atom. The first-order chi connectivity index (χ1) is 12.3. The van der Waals surface area contributed by atoms with Gasteiger partial charge in [0.15, 0.2) is 5.58 Å². The standard InChI is InChI=1S/C19H14N4O2/c24-18(8-9-19-22-16-6-1-2-7-17(16)25-19)21-14-4-3-5-15(12-14)23-11-10-20-13-23/h1-13H,(H,21,24)/b9-8+. The van der Waals surface area contributed by atoms with E-state index < -0.39 is 0 Å². The summed E-state index contributed by atoms with van der Waals surface area (Å²) in [4.78, 5) is 20.4. The van der Waals surface area contributed by atoms with Gasteiger partial charge in [0, 0.05) is 35.9 Å². The molecule has 2 heterocycles. The number of anilines is 1. The lowest BCUT2D eigenvalue weighted by Crippen LogP contribution is -2.08. The predicted octanol–water partition coefficient (Wildman–Crippen LogP) is 3.67. The number of carbonyl (C=O) groups is 1. The number of hydrogen-bond acceptors (Lipinski definition) is 4. The Bertz CT molecular complexity index is 1020. The maximum absolute atomic E-state index is 12.1. The molecule has 6 heteroatoms. The van der Waals surface area contributed by atoms with E-state index in [-0.39, 0.29) is 5.91 Å². The summed E-state index contributed by atoms with van der Waals surface area (Å²) in [7, 11) is 0. The van der Waals surface area contributed by atoms with E-state index in [0.717, 1.165) is 11.2 Å². The fourth-order valence-corrected chi connectivity index (χ4v) is 2.45. The summed E-state index contributed by atoms with van der Waals surface area (Å²) in [6.45, 7) is 0. The molecule has 0 saturated heterocycles. The van der Waals surface area contributed by atoms with E-state index in [1.54, 1.807) is 18.6 Å². The average molecular weight is 330 g/mol. The highest BCUT2D eigenvalue weighted by Gasteiger charge is 2.04. The quantitative estimate of drug-likeness (QED) is 0.580. The monoisotopic (exact) mass is 330 g/mol. The topological polar surface area (TPSA) is 73.0 Å². The first-order valence-electron chi connectivity index (χ1n) is 7.71. The molecule has 0 aliphatic carbocycles. The molecule has 0 radical (unpaired) electrons. The van der Waals surface area contributed by atoms with Gasteiger partial charge in [-0.15, -0.1) is 0 Å². The number of fused-ring (bicyclic) bond motifs is 1. The summed E-state index contributed by atoms with van der Waals surface area (Å²) >= 11 is 0. The van der Waals surface area contributed by atoms with E-state index in [2.05, 4.69) is 15.3 Å². The van der Waals surface area contributed by atoms with Crippen molar-refractivity contribution in [2.45, 2.75) is 0 Å². The third-order valence-corrected chi connectivity index (χ3v) is 3.60. The molecule has 1 N–H and O–H groups in total. The second-order valence-electron chi connectivity index (χ2n) is 5.36. The van der Waals surface area contributed by atoms with E-state index in [1.807, 2.05) is 59.3 Å². The molecule has 25 heavy (non-hydrogen) atoms. The summed E-state index contributed by atoms with van der Waals surface area (Å²) in [5.74, 6) is 0.133. The summed E-state index contributed by atoms with van der Waals surface area (Å²) in [6, 6.07) is 15.0. The van der Waals surface area contributed by atoms with Crippen molar-refractivity contribution in [2.75, 3.05) is 5.32 Å². The zero-order valence-corrected chi connectivity index (χ0v) is 13.2. The van der Waals surface area contributed by atoms with Gasteiger partial charge in [-0.05, 0) is 30.3 Å². The number of imidazole rings is 1. The number of benzene rings is 2. The van der Waals surface area contributed by atoms with Gasteiger partial charge in [0.1, 0.15) is 5.52 Å². The first-order valence-corrected chi connectivity index (χ1v) is 7.71. The molecule has 6 nitrogen and oxygen atoms in total. The van der Waals surface area contributed by atoms with Crippen molar-refractivity contribution in [3.63, 3.8) is 0 Å². The van der Waals surface area contributed by atoms with Crippen LogP contribution < -0.4 is 5.32 Å². The van der Waals surface area contributed by atoms with Gasteiger partial charge in [0.2, 0.25) is 11.8 Å². The normalized spacial score (nSPS) is 11.2. The lowest BCUT2D eigenvalue weighted by molar-refractivity contribution is -0.111. The number of hydrogen-bond donors (Lipinski definition) is 1. The minimum atomic E-state index is -0.259. The largest absolute Gasteiger partial charge is 0.437 e. The Morgan fingerprint density at radius 3 is 2.92 bits per heavy atom. The molecule has 0 bridgehead atoms. The van der Waals surface area contributed by atoms with Crippen LogP contribution in [-0.2, 0) is 4.79 Å². The minimum Gasteiger partial charge on any atom is -0.437 e. The molecule has 0 saturated carbocycles. The Labute approximate surface area is 143 Å². The second kappa shape index (κ2) is 6.45. The molecule has 2 aromatic carbocycles. The molecule has 1 amide bonds. The van der Waals surface area contributed by atoms with Crippen LogP contribution in [0, 0.1) is 0 Å². The average Bonchev–Trinajstić information content (AvgIpc) is 3.29. The summed E-state index contributed by atoms with van der Waals surface area (Å²) in [5.41, 5.74) is 3.06. The summed E-state index contributed by atoms with van der Waals surface area (Å²) in [5, 5.41) is 2.82. The highest BCUT2D eigenvalue weighted by molar-refractivity contribution is 6.01. The third-order valence-electron chi connectivity index (χ3n) is 3.60. The SMILES string of the molecule is O=C(/C=C/c1nc2ccccc2o1)Nc1cccc(-n2ccnc2)c1. The number of rotatable bonds is 4. The molecule has 0 aliphatic rings. The Kier molecular flexibility index (Phi) is 3.84. The van der Waals surface area contributed by atoms with E-state index >= 15 is 0 Å². The van der Waals surface area contributed by atoms with E-state index in [4.69, 9.17) is 4.42 Å². The summed E-state index contributed by atoms with van der Waals surface area (Å²) in [6.07, 6.45) is 8.19. The van der Waals surface area contributed by atoms with Crippen LogP contribution in [0.4, 0.5) is 5.69 Å². The Balaban J connectivity index is 1.47. The molecule has 4 rings (SSSR count). The molecular weight excluding hydrogens is 316 g/mol. The van der Waals surface area contributed by atoms with Crippen molar-refractivity contribution >= 4 is 28.8 Å². The van der Waals surface area contributed by atoms with E-state index in [9.17, 15) is 4.79 Å². The first kappa shape index (κ1) is 14.9. The van der Waals surface area contributed by atoms with E-state index in [0.29, 0.717) is 17.2 Å². The highest BCUT2D eigenvalue weighted by Crippen LogP contribution is 2.16. The zero-order valence-electron chi connectivity index (χ0n) is 13.2. The van der Waals surface area contributed by atoms with Crippen LogP contribution in [0.2, 0.25) is 0 Å². The molecule has 0 fully saturated rings. The number of oxazole rings is 1. The fraction of sp³-hybridized carbons (Fsp3) is 0. The molecule has 0 spiro atoms. The molecule has 2 aromatic heterocycles. The molecule has 0 atom stereocenters. The lowest BCUT2D eigenvalue weighted by Gasteiger charge is -2.06. The van der Waals surface area contributed by atoms with Crippen LogP contribution in [-0.4, -0.2) is 20.4 Å². The number of nitrogens with one attached hydrogen (secondary N) is 1. The number of para-hydroxylation sites is 2. The number of aromatic nitrogens is 3. The lowest BCUT2D eigenvalue weighted by atomic mass is 10.2. The number of nitrogens with zero attached hydrogens (tertiary/aromatic N) is 3. The van der Waals surface area contributed by atoms with Crippen molar-refractivity contribution < 1.29 is 9.21 Å². The van der Waals surface area contributed by atoms with Gasteiger partial charge < -0.3 is 14.3 Å². The van der Waals surface area contributed by atoms with Gasteiger partial charge >= 0.3 is 0 Å². The third kappa shape index (κ3) is 3.32. The molecular formula is C19H14N4O2. The van der Waals surface area contributed by atoms with Gasteiger partial charge in [-0.25, -0.2) is 9.97 Å². The van der Waals surface area contributed by atoms with Crippen molar-refractivity contribution in [2.24, 2.45) is 0 Å². The minimum absolute atomic E-state index is 0.259. The summed E-state index contributed by atoms with van der Waals surface area (Å²) < 4.78 is 7.41. The molecule has 0 aliphatic heterocycles. The Morgan fingerprint density at radius 1 is 1.16 bits per heavy atom. The van der Waals surface area contributed by atoms with Gasteiger partial charge in [0.25, 0.3) is 0 Å². The van der Waals surface area contributed by atoms with Crippen molar-refractivity contribution in [3.05, 3.63) is 79.2 Å². The van der Waals surface area contributed by atoms with E-state index in [1.165, 1.54) is 6.08 Å². The second-order valence-corrected chi connectivity index (χ2v) is 5.36. The smallest absolute Gasteiger partial charge is 0.248 e. The molecule has 122 valence electrons. The van der Waals surface area contributed by atoms with Crippen LogP contribution in [0.5, 0.6) is 0 Å². The van der Waals surface area contributed by atoms with Crippen LogP contribution in [0.3, 0.4) is 0 Å². The van der Waals surface area contributed by atoms with Crippen LogP contribution in [0.1, 0.15) is 5.89 Å². The Hall–Kier alpha value is -3.67. The van der Waals surface area contributed by atoms with Crippen LogP contribution in [0.25, 0.3) is 22.9 Å². The van der Waals surface area contributed by atoms with Gasteiger partial charge in [-0.2, -0.15) is 0 Å². The van der Waals surface area contributed by atoms with Crippen molar-refractivity contribution in [1.29, 1.82) is 0 Å². The fourth-order valence-electron chi connectivity index (χ4n) is 2.45. The van der Waals surface area contributed by atoms with Gasteiger partial charge in [-0.1, -0.05) is 18.2 Å². The highest BCUT2D eigenvalue weighted by atomic mass is 16.3. The van der Waals surface area contributed by atoms with Crippen LogP contribution >= 0.6 is 0 Å². The van der Waals surface area contributed by atoms with Gasteiger partial charge in [-0.3, -0.25) is 4.79 Å². The maximum Gasteiger partial charge on any atom is 0.248 e. The zero-order chi connectivity index (χ0) is 17.1. The molecule has 0 unspecified atom stereocenters. The number of carbonyl (C=O) groups excluding carboxylic acids is 1. The predicted molar refractivity (Wildman–Crippen MR) is 95.2 cm³/mol.